The number of nitrogens with zero attached hydrogens (tertiary/aromatic N) is 1. The van der Waals surface area contributed by atoms with E-state index in [4.69, 9.17) is 11.6 Å². The van der Waals surface area contributed by atoms with Crippen LogP contribution in [0.1, 0.15) is 25.5 Å². The molecule has 0 saturated carbocycles. The van der Waals surface area contributed by atoms with Crippen LogP contribution < -0.4 is 15.4 Å². The summed E-state index contributed by atoms with van der Waals surface area (Å²) >= 11 is 5.88. The molecule has 1 aromatic rings. The molecule has 1 aromatic carbocycles. The fourth-order valence-corrected chi connectivity index (χ4v) is 2.35. The molecular formula is C14H24ClIN4O2S. The van der Waals surface area contributed by atoms with Gasteiger partial charge in [0.25, 0.3) is 0 Å². The Morgan fingerprint density at radius 1 is 1.30 bits per heavy atom. The lowest BCUT2D eigenvalue weighted by molar-refractivity contribution is 0.588. The van der Waals surface area contributed by atoms with Gasteiger partial charge in [0.2, 0.25) is 10.0 Å². The lowest BCUT2D eigenvalue weighted by Gasteiger charge is -2.18. The summed E-state index contributed by atoms with van der Waals surface area (Å²) in [4.78, 5) is 4.34. The number of nitrogens with one attached hydrogen (secondary N) is 3. The summed E-state index contributed by atoms with van der Waals surface area (Å²) < 4.78 is 24.4. The highest BCUT2D eigenvalue weighted by molar-refractivity contribution is 14.0. The van der Waals surface area contributed by atoms with E-state index < -0.39 is 10.0 Å². The average Bonchev–Trinajstić information content (AvgIpc) is 2.43. The minimum absolute atomic E-state index is 0. The molecule has 0 heterocycles. The monoisotopic (exact) mass is 474 g/mol. The Morgan fingerprint density at radius 3 is 2.43 bits per heavy atom. The molecule has 3 N–H and O–H groups in total. The van der Waals surface area contributed by atoms with Crippen molar-refractivity contribution in [2.75, 3.05) is 25.9 Å². The Labute approximate surface area is 160 Å². The van der Waals surface area contributed by atoms with Gasteiger partial charge in [-0.2, -0.15) is 0 Å². The van der Waals surface area contributed by atoms with Crippen LogP contribution in [0.15, 0.2) is 29.3 Å². The predicted octanol–water partition coefficient (Wildman–Crippen LogP) is 2.12. The highest BCUT2D eigenvalue weighted by atomic mass is 127. The van der Waals surface area contributed by atoms with E-state index in [2.05, 4.69) is 20.3 Å². The molecule has 0 fully saturated rings. The quantitative estimate of drug-likeness (QED) is 0.245. The maximum Gasteiger partial charge on any atom is 0.208 e. The first-order chi connectivity index (χ1) is 10.3. The number of hydrogen-bond acceptors (Lipinski definition) is 3. The molecular weight excluding hydrogens is 451 g/mol. The molecule has 0 aliphatic heterocycles. The maximum absolute atomic E-state index is 11.0. The fourth-order valence-electron chi connectivity index (χ4n) is 1.76. The molecule has 0 bridgehead atoms. The van der Waals surface area contributed by atoms with E-state index in [9.17, 15) is 8.42 Å². The second kappa shape index (κ2) is 11.1. The molecule has 1 atom stereocenters. The summed E-state index contributed by atoms with van der Waals surface area (Å²) in [7, 11) is -3.18. The van der Waals surface area contributed by atoms with Crippen LogP contribution in [0.3, 0.4) is 0 Å². The molecule has 0 aromatic heterocycles. The van der Waals surface area contributed by atoms with Crippen molar-refractivity contribution in [1.82, 2.24) is 15.4 Å². The number of aliphatic imine (C=N–C) groups is 1. The Bertz CT molecular complexity index is 593. The van der Waals surface area contributed by atoms with Crippen molar-refractivity contribution in [2.24, 2.45) is 4.99 Å². The van der Waals surface area contributed by atoms with Gasteiger partial charge in [-0.25, -0.2) is 13.1 Å². The molecule has 0 aliphatic rings. The molecule has 23 heavy (non-hydrogen) atoms. The number of halogens is 2. The van der Waals surface area contributed by atoms with Gasteiger partial charge >= 0.3 is 0 Å². The van der Waals surface area contributed by atoms with Crippen molar-refractivity contribution in [3.8, 4) is 0 Å². The molecule has 0 aliphatic carbocycles. The molecule has 0 saturated heterocycles. The van der Waals surface area contributed by atoms with Crippen LogP contribution >= 0.6 is 35.6 Å². The van der Waals surface area contributed by atoms with E-state index in [-0.39, 0.29) is 36.6 Å². The Morgan fingerprint density at radius 2 is 1.91 bits per heavy atom. The zero-order valence-electron chi connectivity index (χ0n) is 13.5. The van der Waals surface area contributed by atoms with Crippen molar-refractivity contribution < 1.29 is 8.42 Å². The first kappa shape index (κ1) is 22.4. The van der Waals surface area contributed by atoms with E-state index in [1.807, 2.05) is 38.1 Å². The van der Waals surface area contributed by atoms with Crippen molar-refractivity contribution in [2.45, 2.75) is 19.9 Å². The van der Waals surface area contributed by atoms with Gasteiger partial charge in [-0.05, 0) is 31.5 Å². The zero-order valence-corrected chi connectivity index (χ0v) is 17.4. The Kier molecular flexibility index (Phi) is 10.8. The number of benzene rings is 1. The van der Waals surface area contributed by atoms with Gasteiger partial charge in [-0.15, -0.1) is 24.0 Å². The molecule has 1 rings (SSSR count). The molecule has 0 amide bonds. The van der Waals surface area contributed by atoms with Gasteiger partial charge < -0.3 is 10.6 Å². The predicted molar refractivity (Wildman–Crippen MR) is 107 cm³/mol. The highest BCUT2D eigenvalue weighted by Crippen LogP contribution is 2.15. The first-order valence-electron chi connectivity index (χ1n) is 7.06. The molecule has 6 nitrogen and oxygen atoms in total. The number of guanidine groups is 1. The third-order valence-electron chi connectivity index (χ3n) is 2.81. The zero-order chi connectivity index (χ0) is 16.6. The number of rotatable bonds is 7. The molecule has 1 unspecified atom stereocenters. The Hall–Kier alpha value is -0.580. The minimum Gasteiger partial charge on any atom is -0.357 e. The maximum atomic E-state index is 11.0. The van der Waals surface area contributed by atoms with Crippen molar-refractivity contribution in [1.29, 1.82) is 0 Å². The first-order valence-corrected chi connectivity index (χ1v) is 9.33. The highest BCUT2D eigenvalue weighted by Gasteiger charge is 2.07. The van der Waals surface area contributed by atoms with Gasteiger partial charge in [-0.3, -0.25) is 4.99 Å². The summed E-state index contributed by atoms with van der Waals surface area (Å²) in [5, 5.41) is 7.10. The molecule has 0 radical (unpaired) electrons. The van der Waals surface area contributed by atoms with Crippen LogP contribution in [0.4, 0.5) is 0 Å². The van der Waals surface area contributed by atoms with E-state index >= 15 is 0 Å². The standard InChI is InChI=1S/C14H23ClN4O2S.HI/c1-4-16-14(17-9-10-18-22(3,20)21)19-11(2)12-5-7-13(15)8-6-12;/h5-8,11,18H,4,9-10H2,1-3H3,(H2,16,17,19);1H. The third kappa shape index (κ3) is 10.0. The minimum atomic E-state index is -3.18. The number of hydrogen-bond donors (Lipinski definition) is 3. The van der Waals surface area contributed by atoms with Crippen molar-refractivity contribution in [3.63, 3.8) is 0 Å². The van der Waals surface area contributed by atoms with Gasteiger partial charge in [0, 0.05) is 18.1 Å². The summed E-state index contributed by atoms with van der Waals surface area (Å²) in [5.74, 6) is 0.639. The van der Waals surface area contributed by atoms with Crippen LogP contribution in [-0.2, 0) is 10.0 Å². The normalized spacial score (nSPS) is 13.1. The average molecular weight is 475 g/mol. The fraction of sp³-hybridized carbons (Fsp3) is 0.500. The summed E-state index contributed by atoms with van der Waals surface area (Å²) in [5.41, 5.74) is 1.09. The Balaban J connectivity index is 0.00000484. The lowest BCUT2D eigenvalue weighted by Crippen LogP contribution is -2.39. The smallest absolute Gasteiger partial charge is 0.208 e. The molecule has 9 heteroatoms. The topological polar surface area (TPSA) is 82.6 Å². The summed E-state index contributed by atoms with van der Waals surface area (Å²) in [6, 6.07) is 7.64. The second-order valence-electron chi connectivity index (χ2n) is 4.84. The van der Waals surface area contributed by atoms with Crippen molar-refractivity contribution >= 4 is 51.6 Å². The second-order valence-corrected chi connectivity index (χ2v) is 7.11. The van der Waals surface area contributed by atoms with Gasteiger partial charge in [0.05, 0.1) is 18.8 Å². The number of sulfonamides is 1. The van der Waals surface area contributed by atoms with Crippen LogP contribution in [-0.4, -0.2) is 40.3 Å². The summed E-state index contributed by atoms with van der Waals surface area (Å²) in [6.45, 7) is 5.34. The molecule has 132 valence electrons. The molecule has 0 spiro atoms. The van der Waals surface area contributed by atoms with Crippen LogP contribution in [0.25, 0.3) is 0 Å². The SMILES string of the molecule is CCNC(=NCCNS(C)(=O)=O)NC(C)c1ccc(Cl)cc1.I. The van der Waals surface area contributed by atoms with Crippen LogP contribution in [0.5, 0.6) is 0 Å². The van der Waals surface area contributed by atoms with Crippen LogP contribution in [0.2, 0.25) is 5.02 Å². The van der Waals surface area contributed by atoms with E-state index in [1.165, 1.54) is 0 Å². The third-order valence-corrected chi connectivity index (χ3v) is 3.79. The van der Waals surface area contributed by atoms with Gasteiger partial charge in [0.15, 0.2) is 5.96 Å². The van der Waals surface area contributed by atoms with Gasteiger partial charge in [0.1, 0.15) is 0 Å². The van der Waals surface area contributed by atoms with Gasteiger partial charge in [-0.1, -0.05) is 23.7 Å². The van der Waals surface area contributed by atoms with Crippen LogP contribution in [0, 0.1) is 0 Å². The largest absolute Gasteiger partial charge is 0.357 e. The van der Waals surface area contributed by atoms with E-state index in [0.29, 0.717) is 17.5 Å². The summed E-state index contributed by atoms with van der Waals surface area (Å²) in [6.07, 6.45) is 1.13. The lowest BCUT2D eigenvalue weighted by atomic mass is 10.1. The van der Waals surface area contributed by atoms with E-state index in [1.54, 1.807) is 0 Å². The van der Waals surface area contributed by atoms with Crippen molar-refractivity contribution in [3.05, 3.63) is 34.9 Å². The van der Waals surface area contributed by atoms with E-state index in [0.717, 1.165) is 18.4 Å².